The summed E-state index contributed by atoms with van der Waals surface area (Å²) in [5.41, 5.74) is 1.36. The molecule has 1 amide bonds. The van der Waals surface area contributed by atoms with Gasteiger partial charge in [-0.05, 0) is 71.2 Å². The molecule has 4 rings (SSSR count). The summed E-state index contributed by atoms with van der Waals surface area (Å²) in [5.74, 6) is -0.0387. The van der Waals surface area contributed by atoms with Crippen molar-refractivity contribution in [1.29, 1.82) is 0 Å². The zero-order valence-corrected chi connectivity index (χ0v) is 24.5. The van der Waals surface area contributed by atoms with Crippen molar-refractivity contribution in [2.45, 2.75) is 82.4 Å². The molecule has 10 nitrogen and oxygen atoms in total. The van der Waals surface area contributed by atoms with Crippen molar-refractivity contribution < 1.29 is 22.7 Å². The maximum absolute atomic E-state index is 13.1. The molecule has 1 aromatic carbocycles. The van der Waals surface area contributed by atoms with Crippen LogP contribution < -0.4 is 4.72 Å². The summed E-state index contributed by atoms with van der Waals surface area (Å²) < 4.78 is 35.0. The van der Waals surface area contributed by atoms with Crippen molar-refractivity contribution in [3.05, 3.63) is 64.3 Å². The van der Waals surface area contributed by atoms with Crippen molar-refractivity contribution in [2.75, 3.05) is 19.6 Å². The number of amides is 1. The van der Waals surface area contributed by atoms with Gasteiger partial charge in [-0.2, -0.15) is 5.10 Å². The van der Waals surface area contributed by atoms with Gasteiger partial charge in [-0.25, -0.2) is 24.5 Å². The average molecular weight is 568 g/mol. The molecule has 1 aromatic heterocycles. The van der Waals surface area contributed by atoms with E-state index in [0.717, 1.165) is 5.56 Å². The number of hydrogen-bond acceptors (Lipinski definition) is 6. The van der Waals surface area contributed by atoms with Crippen LogP contribution in [0.1, 0.15) is 81.2 Å². The minimum absolute atomic E-state index is 0.0387. The van der Waals surface area contributed by atoms with E-state index in [2.05, 4.69) is 9.57 Å². The van der Waals surface area contributed by atoms with Gasteiger partial charge in [0.05, 0.1) is 21.8 Å². The molecular weight excluding hydrogens is 530 g/mol. The number of ketones is 1. The van der Waals surface area contributed by atoms with E-state index in [9.17, 15) is 18.0 Å². The van der Waals surface area contributed by atoms with Gasteiger partial charge >= 0.3 is 6.09 Å². The minimum Gasteiger partial charge on any atom is -0.444 e. The van der Waals surface area contributed by atoms with Crippen molar-refractivity contribution in [3.8, 4) is 0 Å². The largest absolute Gasteiger partial charge is 0.444 e. The van der Waals surface area contributed by atoms with Crippen LogP contribution in [-0.4, -0.2) is 66.3 Å². The molecule has 2 aliphatic rings. The first-order valence-corrected chi connectivity index (χ1v) is 15.0. The van der Waals surface area contributed by atoms with Gasteiger partial charge in [0.2, 0.25) is 16.6 Å². The van der Waals surface area contributed by atoms with Crippen LogP contribution in [0.2, 0.25) is 0 Å². The summed E-state index contributed by atoms with van der Waals surface area (Å²) in [6.07, 6.45) is 4.94. The maximum Gasteiger partial charge on any atom is 0.410 e. The van der Waals surface area contributed by atoms with Gasteiger partial charge in [0.25, 0.3) is 0 Å². The first-order valence-electron chi connectivity index (χ1n) is 13.5. The smallest absolute Gasteiger partial charge is 0.410 e. The summed E-state index contributed by atoms with van der Waals surface area (Å²) >= 11 is 0. The zero-order chi connectivity index (χ0) is 29.3. The number of rotatable bonds is 7. The van der Waals surface area contributed by atoms with Crippen molar-refractivity contribution >= 4 is 28.0 Å². The molecule has 0 bridgehead atoms. The minimum atomic E-state index is -3.62. The lowest BCUT2D eigenvalue weighted by molar-refractivity contribution is 0.0116. The highest BCUT2D eigenvalue weighted by Gasteiger charge is 2.44. The van der Waals surface area contributed by atoms with Gasteiger partial charge in [0.1, 0.15) is 11.1 Å². The third-order valence-electron chi connectivity index (χ3n) is 7.02. The van der Waals surface area contributed by atoms with Gasteiger partial charge in [-0.3, -0.25) is 9.48 Å². The van der Waals surface area contributed by atoms with Crippen LogP contribution in [0.3, 0.4) is 0 Å². The van der Waals surface area contributed by atoms with Crippen LogP contribution in [0.25, 0.3) is 10.9 Å². The van der Waals surface area contributed by atoms with Crippen LogP contribution in [0, 0.1) is 6.57 Å². The quantitative estimate of drug-likeness (QED) is 0.496. The number of sulfonamides is 1. The number of likely N-dealkylation sites (tertiary alicyclic amines) is 1. The predicted octanol–water partition coefficient (Wildman–Crippen LogP) is 4.41. The number of carbonyl (C=O) groups excluding carboxylic acids is 2. The Labute approximate surface area is 236 Å². The highest BCUT2D eigenvalue weighted by atomic mass is 32.2. The van der Waals surface area contributed by atoms with Crippen LogP contribution in [-0.2, 0) is 26.7 Å². The van der Waals surface area contributed by atoms with Crippen molar-refractivity contribution in [1.82, 2.24) is 19.4 Å². The zero-order valence-electron chi connectivity index (χ0n) is 23.7. The Hall–Kier alpha value is -3.49. The van der Waals surface area contributed by atoms with Gasteiger partial charge in [-0.15, -0.1) is 0 Å². The summed E-state index contributed by atoms with van der Waals surface area (Å²) in [5, 5.41) is 4.93. The number of carbonyl (C=O) groups is 2. The number of hydrogen-bond donors (Lipinski definition) is 1. The van der Waals surface area contributed by atoms with Crippen molar-refractivity contribution in [3.63, 3.8) is 0 Å². The van der Waals surface area contributed by atoms with Crippen LogP contribution in [0.15, 0.2) is 35.2 Å². The first-order chi connectivity index (χ1) is 18.7. The average Bonchev–Trinajstić information content (AvgIpc) is 3.23. The first kappa shape index (κ1) is 29.5. The van der Waals surface area contributed by atoms with Gasteiger partial charge in [0, 0.05) is 32.0 Å². The highest BCUT2D eigenvalue weighted by molar-refractivity contribution is 7.89. The normalized spacial score (nSPS) is 17.0. The Morgan fingerprint density at radius 1 is 1.20 bits per heavy atom. The number of Topliss-reactive ketones (excluding diaryl/α,β-unsaturated/α-hetero) is 1. The molecule has 0 atom stereocenters. The molecule has 0 unspecified atom stereocenters. The Kier molecular flexibility index (Phi) is 8.24. The number of ether oxygens (including phenoxy) is 1. The van der Waals surface area contributed by atoms with E-state index in [1.54, 1.807) is 43.0 Å². The van der Waals surface area contributed by atoms with E-state index in [4.69, 9.17) is 16.4 Å². The summed E-state index contributed by atoms with van der Waals surface area (Å²) in [4.78, 5) is 31.3. The Morgan fingerprint density at radius 3 is 2.42 bits per heavy atom. The maximum atomic E-state index is 13.1. The number of nitrogens with one attached hydrogen (secondary N) is 1. The summed E-state index contributed by atoms with van der Waals surface area (Å²) in [7, 11) is -3.62. The Bertz CT molecular complexity index is 1450. The fourth-order valence-corrected chi connectivity index (χ4v) is 6.43. The molecule has 1 aliphatic heterocycles. The lowest BCUT2D eigenvalue weighted by Crippen LogP contribution is -2.51. The van der Waals surface area contributed by atoms with Crippen molar-refractivity contribution in [2.24, 2.45) is 0 Å². The second kappa shape index (κ2) is 11.2. The molecule has 0 spiro atoms. The predicted molar refractivity (Wildman–Crippen MR) is 151 cm³/mol. The van der Waals surface area contributed by atoms with E-state index in [-0.39, 0.29) is 35.8 Å². The van der Waals surface area contributed by atoms with E-state index in [1.165, 1.54) is 0 Å². The second-order valence-electron chi connectivity index (χ2n) is 11.8. The molecule has 0 saturated carbocycles. The number of piperidine rings is 1. The number of fused-ring (bicyclic) bond motifs is 1. The number of allylic oxidation sites excluding steroid dienone is 1. The van der Waals surface area contributed by atoms with E-state index in [1.807, 2.05) is 37.6 Å². The SMILES string of the molecule is [C-]#[N+]CC1(n2nc(Cc3ccc(S(=O)(=O)NC(C)C)cc3)c3c2C=CCC3=O)CCN(C(=O)OC(C)(C)C)CC1. The molecule has 2 aromatic rings. The molecule has 0 radical (unpaired) electrons. The van der Waals surface area contributed by atoms with E-state index in [0.29, 0.717) is 49.3 Å². The lowest BCUT2D eigenvalue weighted by atomic mass is 9.86. The Balaban J connectivity index is 1.64. The van der Waals surface area contributed by atoms with Gasteiger partial charge in [-0.1, -0.05) is 18.2 Å². The molecule has 2 heterocycles. The fraction of sp³-hybridized carbons (Fsp3) is 0.517. The topological polar surface area (TPSA) is 115 Å². The molecule has 11 heteroatoms. The molecule has 40 heavy (non-hydrogen) atoms. The molecular formula is C29H37N5O5S. The van der Waals surface area contributed by atoms with Gasteiger partial charge < -0.3 is 14.5 Å². The Morgan fingerprint density at radius 2 is 1.85 bits per heavy atom. The molecule has 1 aliphatic carbocycles. The third kappa shape index (κ3) is 6.29. The van der Waals surface area contributed by atoms with Crippen LogP contribution >= 0.6 is 0 Å². The van der Waals surface area contributed by atoms with E-state index < -0.39 is 21.2 Å². The highest BCUT2D eigenvalue weighted by Crippen LogP contribution is 2.36. The lowest BCUT2D eigenvalue weighted by Gasteiger charge is -2.39. The monoisotopic (exact) mass is 567 g/mol. The third-order valence-corrected chi connectivity index (χ3v) is 8.69. The van der Waals surface area contributed by atoms with Crippen LogP contribution in [0.4, 0.5) is 4.79 Å². The number of benzene rings is 1. The van der Waals surface area contributed by atoms with Crippen LogP contribution in [0.5, 0.6) is 0 Å². The summed E-state index contributed by atoms with van der Waals surface area (Å²) in [6.45, 7) is 17.7. The second-order valence-corrected chi connectivity index (χ2v) is 13.5. The number of nitrogens with zero attached hydrogens (tertiary/aromatic N) is 4. The fourth-order valence-electron chi connectivity index (χ4n) is 5.18. The molecule has 1 N–H and O–H groups in total. The van der Waals surface area contributed by atoms with Gasteiger partial charge in [0.15, 0.2) is 5.78 Å². The summed E-state index contributed by atoms with van der Waals surface area (Å²) in [6, 6.07) is 6.35. The van der Waals surface area contributed by atoms with E-state index >= 15 is 0 Å². The standard InChI is InChI=1S/C29H37N5O5S/c1-20(2)32-40(37,38)22-12-10-21(11-13-22)18-23-26-24(8-7-9-25(26)35)34(31-23)29(19-30-6)14-16-33(17-15-29)27(36)39-28(3,4)5/h7-8,10-13,20,32H,9,14-19H2,1-5H3. The molecule has 1 fully saturated rings. The molecule has 214 valence electrons. The number of aromatic nitrogens is 2. The molecule has 1 saturated heterocycles.